The lowest BCUT2D eigenvalue weighted by molar-refractivity contribution is 0.155. The number of β-amino-alcohol motifs (C(OH)–C–C–N with tert-alkyl or cyclic N) is 1. The van der Waals surface area contributed by atoms with Crippen LogP contribution in [0.3, 0.4) is 0 Å². The zero-order valence-electron chi connectivity index (χ0n) is 20.4. The second-order valence-electron chi connectivity index (χ2n) is 9.36. The fraction of sp³-hybridized carbons (Fsp3) is 0.276. The van der Waals surface area contributed by atoms with Gasteiger partial charge in [0.05, 0.1) is 6.10 Å². The molecule has 7 nitrogen and oxygen atoms in total. The van der Waals surface area contributed by atoms with Gasteiger partial charge in [0.2, 0.25) is 0 Å². The zero-order chi connectivity index (χ0) is 25.1. The third-order valence-corrected chi connectivity index (χ3v) is 7.04. The highest BCUT2D eigenvalue weighted by molar-refractivity contribution is 5.88. The molecule has 1 fully saturated rings. The molecule has 1 aliphatic rings. The van der Waals surface area contributed by atoms with Gasteiger partial charge in [-0.2, -0.15) is 0 Å². The number of nitrogens with zero attached hydrogens (tertiary/aromatic N) is 1. The van der Waals surface area contributed by atoms with E-state index in [-0.39, 0.29) is 18.6 Å². The number of carbonyl (C=O) groups excluding carboxylic acids is 1. The molecule has 5 rings (SSSR count). The van der Waals surface area contributed by atoms with E-state index in [4.69, 9.17) is 10.5 Å². The first-order chi connectivity index (χ1) is 17.5. The minimum absolute atomic E-state index is 0.0414. The number of aromatic nitrogens is 1. The number of amides is 1. The number of rotatable bonds is 7. The molecule has 0 bridgehead atoms. The van der Waals surface area contributed by atoms with Crippen molar-refractivity contribution in [3.8, 4) is 0 Å². The number of ether oxygens (including phenoxy) is 1. The summed E-state index contributed by atoms with van der Waals surface area (Å²) in [5.41, 5.74) is 13.2. The average Bonchev–Trinajstić information content (AvgIpc) is 3.52. The van der Waals surface area contributed by atoms with E-state index in [1.54, 1.807) is 0 Å². The maximum Gasteiger partial charge on any atom is 0.411 e. The molecule has 1 saturated heterocycles. The molecule has 2 unspecified atom stereocenters. The maximum atomic E-state index is 12.5. The molecule has 1 aromatic heterocycles. The van der Waals surface area contributed by atoms with Crippen LogP contribution in [0.4, 0.5) is 16.2 Å². The highest BCUT2D eigenvalue weighted by atomic mass is 16.5. The predicted octanol–water partition coefficient (Wildman–Crippen LogP) is 4.89. The normalized spacial score (nSPS) is 16.3. The van der Waals surface area contributed by atoms with Crippen LogP contribution in [0.2, 0.25) is 0 Å². The van der Waals surface area contributed by atoms with Crippen molar-refractivity contribution < 1.29 is 14.6 Å². The Hall–Kier alpha value is -3.81. The molecule has 36 heavy (non-hydrogen) atoms. The van der Waals surface area contributed by atoms with Crippen LogP contribution in [0.1, 0.15) is 34.6 Å². The Morgan fingerprint density at radius 2 is 2.00 bits per heavy atom. The SMILES string of the molecule is Cc1c(NC(=O)OCc2ccccc2)cccc1C(CN)c1c[nH]c2cc(N3CCC(O)C3)ccc12. The Morgan fingerprint density at radius 1 is 1.17 bits per heavy atom. The van der Waals surface area contributed by atoms with E-state index >= 15 is 0 Å². The van der Waals surface area contributed by atoms with E-state index in [0.717, 1.165) is 51.8 Å². The van der Waals surface area contributed by atoms with E-state index < -0.39 is 6.09 Å². The highest BCUT2D eigenvalue weighted by Crippen LogP contribution is 2.35. The topological polar surface area (TPSA) is 104 Å². The number of aliphatic hydroxyl groups excluding tert-OH is 1. The van der Waals surface area contributed by atoms with Crippen LogP contribution in [0.15, 0.2) is 72.9 Å². The van der Waals surface area contributed by atoms with Gasteiger partial charge in [0, 0.05) is 54.0 Å². The third-order valence-electron chi connectivity index (χ3n) is 7.04. The molecule has 0 aliphatic carbocycles. The molecular formula is C29H32N4O3. The summed E-state index contributed by atoms with van der Waals surface area (Å²) in [6.07, 6.45) is 2.07. The number of fused-ring (bicyclic) bond motifs is 1. The van der Waals surface area contributed by atoms with Gasteiger partial charge in [0.1, 0.15) is 6.61 Å². The molecule has 1 amide bonds. The van der Waals surface area contributed by atoms with E-state index in [1.807, 2.05) is 55.6 Å². The van der Waals surface area contributed by atoms with Crippen molar-refractivity contribution in [2.45, 2.75) is 32.0 Å². The molecule has 7 heteroatoms. The molecule has 1 aliphatic heterocycles. The summed E-state index contributed by atoms with van der Waals surface area (Å²) in [4.78, 5) is 18.1. The second kappa shape index (κ2) is 10.4. The molecule has 0 saturated carbocycles. The lowest BCUT2D eigenvalue weighted by atomic mass is 9.87. The number of nitrogens with two attached hydrogens (primary N) is 1. The largest absolute Gasteiger partial charge is 0.444 e. The zero-order valence-corrected chi connectivity index (χ0v) is 20.4. The van der Waals surface area contributed by atoms with Gasteiger partial charge in [0.15, 0.2) is 0 Å². The summed E-state index contributed by atoms with van der Waals surface area (Å²) < 4.78 is 5.40. The van der Waals surface area contributed by atoms with E-state index in [9.17, 15) is 9.90 Å². The van der Waals surface area contributed by atoms with Crippen LogP contribution < -0.4 is 16.0 Å². The summed E-state index contributed by atoms with van der Waals surface area (Å²) in [5.74, 6) is -0.0414. The van der Waals surface area contributed by atoms with Gasteiger partial charge >= 0.3 is 6.09 Å². The minimum Gasteiger partial charge on any atom is -0.444 e. The number of hydrogen-bond donors (Lipinski definition) is 4. The van der Waals surface area contributed by atoms with Gasteiger partial charge in [-0.25, -0.2) is 4.79 Å². The van der Waals surface area contributed by atoms with E-state index in [1.165, 1.54) is 0 Å². The molecule has 2 heterocycles. The summed E-state index contributed by atoms with van der Waals surface area (Å²) in [5, 5.41) is 13.9. The van der Waals surface area contributed by atoms with Gasteiger partial charge in [-0.1, -0.05) is 48.5 Å². The fourth-order valence-corrected chi connectivity index (χ4v) is 5.06. The highest BCUT2D eigenvalue weighted by Gasteiger charge is 2.23. The van der Waals surface area contributed by atoms with Gasteiger partial charge in [-0.05, 0) is 53.8 Å². The van der Waals surface area contributed by atoms with Crippen LogP contribution in [-0.4, -0.2) is 41.9 Å². The molecule has 2 atom stereocenters. The van der Waals surface area contributed by atoms with Crippen LogP contribution in [-0.2, 0) is 11.3 Å². The number of anilines is 2. The quantitative estimate of drug-likeness (QED) is 0.299. The Morgan fingerprint density at radius 3 is 2.75 bits per heavy atom. The Bertz CT molecular complexity index is 1350. The van der Waals surface area contributed by atoms with Gasteiger partial charge in [0.25, 0.3) is 0 Å². The second-order valence-corrected chi connectivity index (χ2v) is 9.36. The fourth-order valence-electron chi connectivity index (χ4n) is 5.06. The minimum atomic E-state index is -0.491. The van der Waals surface area contributed by atoms with E-state index in [2.05, 4.69) is 39.5 Å². The molecule has 0 radical (unpaired) electrons. The Balaban J connectivity index is 1.35. The van der Waals surface area contributed by atoms with E-state index in [0.29, 0.717) is 18.8 Å². The maximum absolute atomic E-state index is 12.5. The number of H-pyrrole nitrogens is 1. The number of aromatic amines is 1. The summed E-state index contributed by atoms with van der Waals surface area (Å²) in [6, 6.07) is 21.8. The van der Waals surface area contributed by atoms with Crippen molar-refractivity contribution in [3.05, 3.63) is 95.2 Å². The van der Waals surface area contributed by atoms with Gasteiger partial charge < -0.3 is 25.5 Å². The van der Waals surface area contributed by atoms with Crippen LogP contribution in [0, 0.1) is 6.92 Å². The van der Waals surface area contributed by atoms with Gasteiger partial charge in [-0.3, -0.25) is 5.32 Å². The van der Waals surface area contributed by atoms with Crippen LogP contribution >= 0.6 is 0 Å². The lowest BCUT2D eigenvalue weighted by Gasteiger charge is -2.20. The Kier molecular flexibility index (Phi) is 6.93. The Labute approximate surface area is 210 Å². The van der Waals surface area contributed by atoms with Crippen LogP contribution in [0.25, 0.3) is 10.9 Å². The molecular weight excluding hydrogens is 452 g/mol. The molecule has 3 aromatic carbocycles. The summed E-state index contributed by atoms with van der Waals surface area (Å²) >= 11 is 0. The third kappa shape index (κ3) is 4.94. The standard InChI is InChI=1S/C29H32N4O3/c1-19-23(8-5-9-27(19)32-29(35)36-18-20-6-3-2-4-7-20)25(15-30)26-16-31-28-14-21(10-11-24(26)28)33-13-12-22(34)17-33/h2-11,14,16,22,25,31,34H,12-13,15,17-18,30H2,1H3,(H,32,35). The smallest absolute Gasteiger partial charge is 0.411 e. The van der Waals surface area contributed by atoms with Gasteiger partial charge in [-0.15, -0.1) is 0 Å². The first kappa shape index (κ1) is 23.9. The average molecular weight is 485 g/mol. The lowest BCUT2D eigenvalue weighted by Crippen LogP contribution is -2.20. The molecule has 186 valence electrons. The predicted molar refractivity (Wildman–Crippen MR) is 143 cm³/mol. The number of nitrogens with one attached hydrogen (secondary N) is 2. The first-order valence-corrected chi connectivity index (χ1v) is 12.3. The summed E-state index contributed by atoms with van der Waals surface area (Å²) in [7, 11) is 0. The number of benzene rings is 3. The monoisotopic (exact) mass is 484 g/mol. The molecule has 4 aromatic rings. The van der Waals surface area contributed by atoms with Crippen molar-refractivity contribution in [2.75, 3.05) is 29.9 Å². The number of hydrogen-bond acceptors (Lipinski definition) is 5. The number of aliphatic hydroxyl groups is 1. The summed E-state index contributed by atoms with van der Waals surface area (Å²) in [6.45, 7) is 4.16. The van der Waals surface area contributed by atoms with Crippen molar-refractivity contribution in [2.24, 2.45) is 5.73 Å². The van der Waals surface area contributed by atoms with Crippen molar-refractivity contribution in [3.63, 3.8) is 0 Å². The number of carbonyl (C=O) groups is 1. The molecule has 5 N–H and O–H groups in total. The van der Waals surface area contributed by atoms with Crippen molar-refractivity contribution in [1.82, 2.24) is 4.98 Å². The van der Waals surface area contributed by atoms with Crippen molar-refractivity contribution in [1.29, 1.82) is 0 Å². The first-order valence-electron chi connectivity index (χ1n) is 12.3. The van der Waals surface area contributed by atoms with Crippen LogP contribution in [0.5, 0.6) is 0 Å². The van der Waals surface area contributed by atoms with Crippen molar-refractivity contribution >= 4 is 28.4 Å². The molecule has 0 spiro atoms.